The Labute approximate surface area is 164 Å². The van der Waals surface area contributed by atoms with Gasteiger partial charge in [0.25, 0.3) is 5.91 Å². The van der Waals surface area contributed by atoms with E-state index < -0.39 is 0 Å². The van der Waals surface area contributed by atoms with E-state index >= 15 is 0 Å². The quantitative estimate of drug-likeness (QED) is 0.768. The van der Waals surface area contributed by atoms with Crippen molar-refractivity contribution in [3.05, 3.63) is 59.7 Å². The summed E-state index contributed by atoms with van der Waals surface area (Å²) in [5.41, 5.74) is 3.25. The number of nitrogens with zero attached hydrogens (tertiary/aromatic N) is 3. The van der Waals surface area contributed by atoms with E-state index in [9.17, 15) is 14.4 Å². The van der Waals surface area contributed by atoms with Crippen molar-refractivity contribution >= 4 is 29.5 Å². The van der Waals surface area contributed by atoms with Crippen LogP contribution in [0.2, 0.25) is 0 Å². The van der Waals surface area contributed by atoms with Crippen molar-refractivity contribution in [1.29, 1.82) is 0 Å². The van der Waals surface area contributed by atoms with Crippen molar-refractivity contribution in [1.82, 2.24) is 4.90 Å². The fourth-order valence-corrected chi connectivity index (χ4v) is 3.91. The molecule has 1 fully saturated rings. The molecule has 6 heteroatoms. The zero-order chi connectivity index (χ0) is 19.5. The van der Waals surface area contributed by atoms with Crippen LogP contribution in [0.15, 0.2) is 48.5 Å². The average Bonchev–Trinajstić information content (AvgIpc) is 3.22. The van der Waals surface area contributed by atoms with Gasteiger partial charge in [-0.05, 0) is 48.7 Å². The largest absolute Gasteiger partial charge is 0.372 e. The molecule has 0 aromatic heterocycles. The summed E-state index contributed by atoms with van der Waals surface area (Å²) < 4.78 is 0. The van der Waals surface area contributed by atoms with E-state index in [0.717, 1.165) is 36.3 Å². The van der Waals surface area contributed by atoms with Gasteiger partial charge >= 0.3 is 0 Å². The number of para-hydroxylation sites is 1. The smallest absolute Gasteiger partial charge is 0.258 e. The Morgan fingerprint density at radius 3 is 2.39 bits per heavy atom. The molecule has 0 spiro atoms. The van der Waals surface area contributed by atoms with E-state index in [1.165, 1.54) is 22.6 Å². The summed E-state index contributed by atoms with van der Waals surface area (Å²) in [6.45, 7) is 2.38. The Hall–Kier alpha value is -3.15. The fraction of sp³-hybridized carbons (Fsp3) is 0.318. The molecule has 4 rings (SSSR count). The molecule has 2 aliphatic rings. The van der Waals surface area contributed by atoms with Gasteiger partial charge in [0.1, 0.15) is 12.8 Å². The molecule has 2 aromatic carbocycles. The molecule has 0 bridgehead atoms. The molecule has 2 aliphatic heterocycles. The Kier molecular flexibility index (Phi) is 5.10. The Morgan fingerprint density at radius 1 is 0.964 bits per heavy atom. The highest BCUT2D eigenvalue weighted by molar-refractivity contribution is 6.09. The van der Waals surface area contributed by atoms with Crippen molar-refractivity contribution in [3.63, 3.8) is 0 Å². The van der Waals surface area contributed by atoms with Crippen molar-refractivity contribution in [2.75, 3.05) is 36.0 Å². The standard InChI is InChI=1S/C22H23N3O3/c26-14-13-24-15-18-5-1-2-6-20(18)25(16-21(24)27)22(28)17-7-9-19(10-8-17)23-11-3-4-12-23/h1-2,5-10,14H,3-4,11-13,15-16H2. The van der Waals surface area contributed by atoms with Gasteiger partial charge in [0, 0.05) is 36.6 Å². The third-order valence-electron chi connectivity index (χ3n) is 5.42. The highest BCUT2D eigenvalue weighted by Crippen LogP contribution is 2.28. The monoisotopic (exact) mass is 377 g/mol. The third kappa shape index (κ3) is 3.50. The third-order valence-corrected chi connectivity index (χ3v) is 5.42. The van der Waals surface area contributed by atoms with Crippen molar-refractivity contribution in [2.24, 2.45) is 0 Å². The first-order chi connectivity index (χ1) is 13.7. The number of carbonyl (C=O) groups excluding carboxylic acids is 3. The Bertz CT molecular complexity index is 888. The van der Waals surface area contributed by atoms with Crippen molar-refractivity contribution in [3.8, 4) is 0 Å². The van der Waals surface area contributed by atoms with Crippen LogP contribution in [0.3, 0.4) is 0 Å². The number of amides is 2. The van der Waals surface area contributed by atoms with Crippen LogP contribution in [0.4, 0.5) is 11.4 Å². The molecule has 0 N–H and O–H groups in total. The number of benzene rings is 2. The van der Waals surface area contributed by atoms with Gasteiger partial charge < -0.3 is 14.6 Å². The molecular weight excluding hydrogens is 354 g/mol. The predicted octanol–water partition coefficient (Wildman–Crippen LogP) is 2.47. The minimum Gasteiger partial charge on any atom is -0.372 e. The Morgan fingerprint density at radius 2 is 1.68 bits per heavy atom. The summed E-state index contributed by atoms with van der Waals surface area (Å²) >= 11 is 0. The number of aldehydes is 1. The first kappa shape index (κ1) is 18.2. The molecule has 0 aliphatic carbocycles. The number of fused-ring (bicyclic) bond motifs is 1. The molecule has 2 amide bonds. The summed E-state index contributed by atoms with van der Waals surface area (Å²) in [7, 11) is 0. The van der Waals surface area contributed by atoms with Gasteiger partial charge in [-0.2, -0.15) is 0 Å². The van der Waals surface area contributed by atoms with Crippen LogP contribution in [0, 0.1) is 0 Å². The van der Waals surface area contributed by atoms with Crippen LogP contribution in [-0.2, 0) is 16.1 Å². The van der Waals surface area contributed by atoms with E-state index in [-0.39, 0.29) is 24.9 Å². The second-order valence-corrected chi connectivity index (χ2v) is 7.20. The van der Waals surface area contributed by atoms with Crippen LogP contribution in [-0.4, -0.2) is 49.2 Å². The minimum absolute atomic E-state index is 0.0275. The van der Waals surface area contributed by atoms with Crippen molar-refractivity contribution < 1.29 is 14.4 Å². The van der Waals surface area contributed by atoms with E-state index in [4.69, 9.17) is 0 Å². The SMILES string of the molecule is O=CCN1Cc2ccccc2N(C(=O)c2ccc(N3CCCC3)cc2)CC1=O. The van der Waals surface area contributed by atoms with Crippen LogP contribution in [0.5, 0.6) is 0 Å². The van der Waals surface area contributed by atoms with Gasteiger partial charge in [-0.3, -0.25) is 14.5 Å². The maximum absolute atomic E-state index is 13.2. The molecule has 2 heterocycles. The molecule has 0 atom stereocenters. The lowest BCUT2D eigenvalue weighted by Gasteiger charge is -2.23. The van der Waals surface area contributed by atoms with Gasteiger partial charge in [-0.25, -0.2) is 0 Å². The van der Waals surface area contributed by atoms with Gasteiger partial charge in [0.05, 0.1) is 6.54 Å². The number of hydrogen-bond acceptors (Lipinski definition) is 4. The number of rotatable bonds is 4. The molecular formula is C22H23N3O3. The number of anilines is 2. The molecule has 1 saturated heterocycles. The summed E-state index contributed by atoms with van der Waals surface area (Å²) in [5.74, 6) is -0.438. The van der Waals surface area contributed by atoms with Crippen LogP contribution in [0.25, 0.3) is 0 Å². The second-order valence-electron chi connectivity index (χ2n) is 7.20. The molecule has 0 saturated carbocycles. The minimum atomic E-state index is -0.231. The fourth-order valence-electron chi connectivity index (χ4n) is 3.91. The number of hydrogen-bond donors (Lipinski definition) is 0. The molecule has 0 unspecified atom stereocenters. The zero-order valence-corrected chi connectivity index (χ0v) is 15.7. The summed E-state index contributed by atoms with van der Waals surface area (Å²) in [6, 6.07) is 15.1. The zero-order valence-electron chi connectivity index (χ0n) is 15.7. The summed E-state index contributed by atoms with van der Waals surface area (Å²) in [4.78, 5) is 42.1. The van der Waals surface area contributed by atoms with E-state index in [1.54, 1.807) is 0 Å². The van der Waals surface area contributed by atoms with Gasteiger partial charge in [0.15, 0.2) is 0 Å². The summed E-state index contributed by atoms with van der Waals surface area (Å²) in [5, 5.41) is 0. The van der Waals surface area contributed by atoms with Crippen LogP contribution < -0.4 is 9.80 Å². The maximum Gasteiger partial charge on any atom is 0.258 e. The van der Waals surface area contributed by atoms with Crippen molar-refractivity contribution in [2.45, 2.75) is 19.4 Å². The first-order valence-corrected chi connectivity index (χ1v) is 9.63. The van der Waals surface area contributed by atoms with Crippen LogP contribution in [0.1, 0.15) is 28.8 Å². The van der Waals surface area contributed by atoms with E-state index in [0.29, 0.717) is 12.1 Å². The van der Waals surface area contributed by atoms with Gasteiger partial charge in [-0.1, -0.05) is 18.2 Å². The molecule has 2 aromatic rings. The summed E-state index contributed by atoms with van der Waals surface area (Å²) in [6.07, 6.45) is 3.12. The van der Waals surface area contributed by atoms with Gasteiger partial charge in [0.2, 0.25) is 5.91 Å². The average molecular weight is 377 g/mol. The van der Waals surface area contributed by atoms with Gasteiger partial charge in [-0.15, -0.1) is 0 Å². The van der Waals surface area contributed by atoms with E-state index in [1.807, 2.05) is 48.5 Å². The first-order valence-electron chi connectivity index (χ1n) is 9.63. The molecule has 28 heavy (non-hydrogen) atoms. The topological polar surface area (TPSA) is 60.9 Å². The molecule has 144 valence electrons. The lowest BCUT2D eigenvalue weighted by atomic mass is 10.1. The Balaban J connectivity index is 1.62. The lowest BCUT2D eigenvalue weighted by Crippen LogP contribution is -2.40. The normalized spacial score (nSPS) is 16.7. The predicted molar refractivity (Wildman–Crippen MR) is 107 cm³/mol. The molecule has 6 nitrogen and oxygen atoms in total. The van der Waals surface area contributed by atoms with Crippen LogP contribution >= 0.6 is 0 Å². The molecule has 0 radical (unpaired) electrons. The lowest BCUT2D eigenvalue weighted by molar-refractivity contribution is -0.132. The highest BCUT2D eigenvalue weighted by atomic mass is 16.2. The maximum atomic E-state index is 13.2. The second kappa shape index (κ2) is 7.84. The highest BCUT2D eigenvalue weighted by Gasteiger charge is 2.29. The number of carbonyl (C=O) groups is 3. The van der Waals surface area contributed by atoms with E-state index in [2.05, 4.69) is 4.90 Å².